The largest absolute Gasteiger partial charge is 0.494 e. The molecule has 1 fully saturated rings. The van der Waals surface area contributed by atoms with Crippen LogP contribution in [0.3, 0.4) is 0 Å². The number of rotatable bonds is 9. The first-order chi connectivity index (χ1) is 16.1. The van der Waals surface area contributed by atoms with Crippen LogP contribution in [0.25, 0.3) is 0 Å². The van der Waals surface area contributed by atoms with E-state index in [0.717, 1.165) is 4.31 Å². The van der Waals surface area contributed by atoms with Gasteiger partial charge in [-0.3, -0.25) is 19.7 Å². The highest BCUT2D eigenvalue weighted by Crippen LogP contribution is 2.30. The highest BCUT2D eigenvalue weighted by molar-refractivity contribution is 7.89. The first kappa shape index (κ1) is 25.4. The maximum Gasteiger partial charge on any atom is 0.324 e. The number of ether oxygens (including phenoxy) is 2. The van der Waals surface area contributed by atoms with Gasteiger partial charge in [-0.15, -0.1) is 0 Å². The second-order valence-corrected chi connectivity index (χ2v) is 9.58. The summed E-state index contributed by atoms with van der Waals surface area (Å²) < 4.78 is 37.2. The smallest absolute Gasteiger partial charge is 0.324 e. The molecule has 2 aromatic carbocycles. The average Bonchev–Trinajstić information content (AvgIpc) is 3.30. The molecule has 13 heteroatoms. The number of esters is 1. The Labute approximate surface area is 200 Å². The summed E-state index contributed by atoms with van der Waals surface area (Å²) in [5.74, 6) is -1.43. The van der Waals surface area contributed by atoms with Gasteiger partial charge in [0.2, 0.25) is 10.0 Å². The standard InChI is InChI=1S/C21H22ClN3O8S/c1-2-32-15-7-10-17(19(12-15)25(28)29)23-20(26)13-33-21(27)18-4-3-11-24(18)34(30,31)16-8-5-14(22)6-9-16/h5-10,12,18H,2-4,11,13H2,1H3,(H,23,26)/t18-/m0/s1. The van der Waals surface area contributed by atoms with Gasteiger partial charge in [0.05, 0.1) is 22.5 Å². The van der Waals surface area contributed by atoms with Crippen molar-refractivity contribution in [2.45, 2.75) is 30.7 Å². The molecule has 0 bridgehead atoms. The molecule has 1 aliphatic heterocycles. The minimum Gasteiger partial charge on any atom is -0.494 e. The van der Waals surface area contributed by atoms with Crippen molar-refractivity contribution in [1.29, 1.82) is 0 Å². The maximum atomic E-state index is 12.9. The van der Waals surface area contributed by atoms with Gasteiger partial charge in [0, 0.05) is 11.6 Å². The number of benzene rings is 2. The molecule has 11 nitrogen and oxygen atoms in total. The Morgan fingerprint density at radius 1 is 1.24 bits per heavy atom. The van der Waals surface area contributed by atoms with Crippen LogP contribution in [-0.2, 0) is 24.3 Å². The predicted molar refractivity (Wildman–Crippen MR) is 122 cm³/mol. The van der Waals surface area contributed by atoms with E-state index < -0.39 is 39.5 Å². The van der Waals surface area contributed by atoms with E-state index in [1.54, 1.807) is 6.92 Å². The molecule has 1 heterocycles. The third-order valence-electron chi connectivity index (χ3n) is 4.99. The van der Waals surface area contributed by atoms with Gasteiger partial charge in [-0.05, 0) is 56.2 Å². The van der Waals surface area contributed by atoms with E-state index in [-0.39, 0.29) is 35.0 Å². The van der Waals surface area contributed by atoms with Crippen molar-refractivity contribution in [3.8, 4) is 5.75 Å². The zero-order chi connectivity index (χ0) is 24.9. The fourth-order valence-electron chi connectivity index (χ4n) is 3.45. The average molecular weight is 512 g/mol. The summed E-state index contributed by atoms with van der Waals surface area (Å²) in [4.78, 5) is 35.5. The topological polar surface area (TPSA) is 145 Å². The first-order valence-electron chi connectivity index (χ1n) is 10.3. The second-order valence-electron chi connectivity index (χ2n) is 7.25. The molecule has 0 aromatic heterocycles. The molecule has 1 N–H and O–H groups in total. The summed E-state index contributed by atoms with van der Waals surface area (Å²) in [6, 6.07) is 8.39. The van der Waals surface area contributed by atoms with Crippen LogP contribution >= 0.6 is 11.6 Å². The number of carbonyl (C=O) groups is 2. The number of amides is 1. The molecule has 1 saturated heterocycles. The Morgan fingerprint density at radius 3 is 2.59 bits per heavy atom. The van der Waals surface area contributed by atoms with Gasteiger partial charge in [-0.1, -0.05) is 11.6 Å². The van der Waals surface area contributed by atoms with E-state index in [1.165, 1.54) is 42.5 Å². The molecule has 0 unspecified atom stereocenters. The lowest BCUT2D eigenvalue weighted by Crippen LogP contribution is -2.42. The van der Waals surface area contributed by atoms with E-state index in [4.69, 9.17) is 21.1 Å². The molecule has 2 aromatic rings. The minimum absolute atomic E-state index is 0.0165. The molecular formula is C21H22ClN3O8S. The fraction of sp³-hybridized carbons (Fsp3) is 0.333. The van der Waals surface area contributed by atoms with Gasteiger partial charge in [0.25, 0.3) is 11.6 Å². The number of halogens is 1. The van der Waals surface area contributed by atoms with Crippen LogP contribution in [0.4, 0.5) is 11.4 Å². The number of hydrogen-bond donors (Lipinski definition) is 1. The Morgan fingerprint density at radius 2 is 1.94 bits per heavy atom. The maximum absolute atomic E-state index is 12.9. The van der Waals surface area contributed by atoms with Crippen LogP contribution < -0.4 is 10.1 Å². The number of anilines is 1. The van der Waals surface area contributed by atoms with Gasteiger partial charge in [0.15, 0.2) is 6.61 Å². The van der Waals surface area contributed by atoms with Gasteiger partial charge >= 0.3 is 5.97 Å². The number of nitrogens with one attached hydrogen (secondary N) is 1. The molecule has 3 rings (SSSR count). The van der Waals surface area contributed by atoms with E-state index >= 15 is 0 Å². The molecule has 0 saturated carbocycles. The van der Waals surface area contributed by atoms with Crippen molar-refractivity contribution < 1.29 is 32.4 Å². The zero-order valence-electron chi connectivity index (χ0n) is 18.1. The van der Waals surface area contributed by atoms with E-state index in [1.807, 2.05) is 0 Å². The third kappa shape index (κ3) is 5.82. The molecule has 0 spiro atoms. The summed E-state index contributed by atoms with van der Waals surface area (Å²) in [7, 11) is -3.97. The molecule has 182 valence electrons. The van der Waals surface area contributed by atoms with Crippen molar-refractivity contribution in [3.05, 3.63) is 57.6 Å². The minimum atomic E-state index is -3.97. The van der Waals surface area contributed by atoms with Crippen LogP contribution in [0.5, 0.6) is 5.75 Å². The molecule has 0 aliphatic carbocycles. The second kappa shape index (κ2) is 10.8. The van der Waals surface area contributed by atoms with Crippen LogP contribution in [0.2, 0.25) is 5.02 Å². The number of nitro groups is 1. The van der Waals surface area contributed by atoms with Gasteiger partial charge < -0.3 is 14.8 Å². The van der Waals surface area contributed by atoms with Gasteiger partial charge in [-0.2, -0.15) is 4.31 Å². The summed E-state index contributed by atoms with van der Waals surface area (Å²) in [5.41, 5.74) is -0.482. The highest BCUT2D eigenvalue weighted by atomic mass is 35.5. The van der Waals surface area contributed by atoms with E-state index in [9.17, 15) is 28.1 Å². The number of hydrogen-bond acceptors (Lipinski definition) is 8. The number of nitrogens with zero attached hydrogens (tertiary/aromatic N) is 2. The lowest BCUT2D eigenvalue weighted by atomic mass is 10.2. The monoisotopic (exact) mass is 511 g/mol. The van der Waals surface area contributed by atoms with Crippen molar-refractivity contribution in [1.82, 2.24) is 4.31 Å². The Balaban J connectivity index is 1.64. The highest BCUT2D eigenvalue weighted by Gasteiger charge is 2.40. The van der Waals surface area contributed by atoms with Gasteiger partial charge in [0.1, 0.15) is 17.5 Å². The van der Waals surface area contributed by atoms with Gasteiger partial charge in [-0.25, -0.2) is 8.42 Å². The fourth-order valence-corrected chi connectivity index (χ4v) is 5.22. The van der Waals surface area contributed by atoms with E-state index in [0.29, 0.717) is 18.1 Å². The summed E-state index contributed by atoms with van der Waals surface area (Å²) >= 11 is 5.81. The van der Waals surface area contributed by atoms with Crippen LogP contribution in [0, 0.1) is 10.1 Å². The molecule has 1 atom stereocenters. The third-order valence-corrected chi connectivity index (χ3v) is 7.17. The first-order valence-corrected chi connectivity index (χ1v) is 12.1. The molecule has 0 radical (unpaired) electrons. The van der Waals surface area contributed by atoms with Crippen LogP contribution in [-0.4, -0.2) is 55.3 Å². The Bertz CT molecular complexity index is 1190. The van der Waals surface area contributed by atoms with E-state index in [2.05, 4.69) is 5.32 Å². The Hall–Kier alpha value is -3.22. The molecule has 1 amide bonds. The van der Waals surface area contributed by atoms with Crippen LogP contribution in [0.1, 0.15) is 19.8 Å². The Kier molecular flexibility index (Phi) is 8.07. The lowest BCUT2D eigenvalue weighted by molar-refractivity contribution is -0.384. The molecular weight excluding hydrogens is 490 g/mol. The summed E-state index contributed by atoms with van der Waals surface area (Å²) in [5, 5.41) is 14.0. The zero-order valence-corrected chi connectivity index (χ0v) is 19.7. The SMILES string of the molecule is CCOc1ccc(NC(=O)COC(=O)[C@@H]2CCCN2S(=O)(=O)c2ccc(Cl)cc2)c([N+](=O)[O-])c1. The van der Waals surface area contributed by atoms with Crippen molar-refractivity contribution >= 4 is 44.9 Å². The number of sulfonamides is 1. The summed E-state index contributed by atoms with van der Waals surface area (Å²) in [6.07, 6.45) is 0.675. The molecule has 34 heavy (non-hydrogen) atoms. The number of nitro benzene ring substituents is 1. The van der Waals surface area contributed by atoms with Crippen molar-refractivity contribution in [3.63, 3.8) is 0 Å². The quantitative estimate of drug-likeness (QED) is 0.307. The number of carbonyl (C=O) groups excluding carboxylic acids is 2. The summed E-state index contributed by atoms with van der Waals surface area (Å²) in [6.45, 7) is 1.41. The normalized spacial score (nSPS) is 16.1. The molecule has 1 aliphatic rings. The van der Waals surface area contributed by atoms with Crippen molar-refractivity contribution in [2.75, 3.05) is 25.1 Å². The van der Waals surface area contributed by atoms with Crippen molar-refractivity contribution in [2.24, 2.45) is 0 Å². The van der Waals surface area contributed by atoms with Crippen LogP contribution in [0.15, 0.2) is 47.4 Å². The predicted octanol–water partition coefficient (Wildman–Crippen LogP) is 2.98. The lowest BCUT2D eigenvalue weighted by Gasteiger charge is -2.22.